The Kier molecular flexibility index (Phi) is 6.49. The number of benzene rings is 3. The molecule has 0 aliphatic heterocycles. The number of amides is 2. The maximum atomic E-state index is 12.9. The van der Waals surface area contributed by atoms with Crippen molar-refractivity contribution in [1.29, 1.82) is 0 Å². The molecule has 5 nitrogen and oxygen atoms in total. The monoisotopic (exact) mass is 398 g/mol. The van der Waals surface area contributed by atoms with Crippen LogP contribution in [0, 0.1) is 5.82 Å². The minimum absolute atomic E-state index is 0.159. The number of hydrogen-bond donors (Lipinski definition) is 2. The van der Waals surface area contributed by atoms with E-state index < -0.39 is 12.0 Å². The Bertz CT molecular complexity index is 979. The number of hydrogen-bond acceptors (Lipinski definition) is 4. The Morgan fingerprint density at radius 1 is 1.00 bits per heavy atom. The van der Waals surface area contributed by atoms with Gasteiger partial charge >= 0.3 is 0 Å². The Morgan fingerprint density at radius 2 is 1.71 bits per heavy atom. The van der Waals surface area contributed by atoms with Crippen LogP contribution in [-0.4, -0.2) is 23.7 Å². The molecule has 0 spiro atoms. The number of carbonyl (C=O) groups is 2. The van der Waals surface area contributed by atoms with Gasteiger partial charge in [-0.2, -0.15) is 0 Å². The minimum atomic E-state index is -0.848. The zero-order valence-electron chi connectivity index (χ0n) is 15.1. The summed E-state index contributed by atoms with van der Waals surface area (Å²) >= 11 is 1.38. The van der Waals surface area contributed by atoms with Crippen LogP contribution in [-0.2, 0) is 9.59 Å². The molecule has 0 heterocycles. The predicted octanol–water partition coefficient (Wildman–Crippen LogP) is 3.69. The largest absolute Gasteiger partial charge is 0.481 e. The van der Waals surface area contributed by atoms with E-state index in [1.165, 1.54) is 43.0 Å². The fraction of sp³-hybridized carbons (Fsp3) is 0.143. The van der Waals surface area contributed by atoms with Crippen LogP contribution < -0.4 is 15.6 Å². The summed E-state index contributed by atoms with van der Waals surface area (Å²) in [5.74, 6) is -0.706. The van der Waals surface area contributed by atoms with Gasteiger partial charge < -0.3 is 4.74 Å². The molecule has 7 heteroatoms. The van der Waals surface area contributed by atoms with E-state index in [0.717, 1.165) is 15.7 Å². The van der Waals surface area contributed by atoms with Gasteiger partial charge in [0.15, 0.2) is 6.10 Å². The van der Waals surface area contributed by atoms with Crippen molar-refractivity contribution in [3.8, 4) is 5.75 Å². The number of rotatable bonds is 6. The van der Waals surface area contributed by atoms with Crippen molar-refractivity contribution >= 4 is 34.3 Å². The number of thioether (sulfide) groups is 1. The molecule has 0 aliphatic carbocycles. The number of carbonyl (C=O) groups excluding carboxylic acids is 2. The van der Waals surface area contributed by atoms with E-state index in [2.05, 4.69) is 10.9 Å². The third-order valence-electron chi connectivity index (χ3n) is 3.91. The van der Waals surface area contributed by atoms with Gasteiger partial charge in [0, 0.05) is 4.90 Å². The molecule has 144 valence electrons. The van der Waals surface area contributed by atoms with Crippen molar-refractivity contribution in [2.45, 2.75) is 17.9 Å². The van der Waals surface area contributed by atoms with Crippen LogP contribution >= 0.6 is 11.8 Å². The van der Waals surface area contributed by atoms with Gasteiger partial charge in [-0.1, -0.05) is 30.3 Å². The molecule has 3 rings (SSSR count). The third-order valence-corrected chi connectivity index (χ3v) is 4.91. The van der Waals surface area contributed by atoms with Crippen molar-refractivity contribution in [3.63, 3.8) is 0 Å². The zero-order chi connectivity index (χ0) is 19.9. The van der Waals surface area contributed by atoms with Gasteiger partial charge in [0.2, 0.25) is 5.91 Å². The maximum Gasteiger partial charge on any atom is 0.279 e. The summed E-state index contributed by atoms with van der Waals surface area (Å²) in [5.41, 5.74) is 4.70. The van der Waals surface area contributed by atoms with Crippen molar-refractivity contribution in [2.24, 2.45) is 0 Å². The average Bonchev–Trinajstić information content (AvgIpc) is 2.71. The average molecular weight is 398 g/mol. The molecule has 0 radical (unpaired) electrons. The van der Waals surface area contributed by atoms with Crippen LogP contribution in [0.2, 0.25) is 0 Å². The first kappa shape index (κ1) is 19.7. The lowest BCUT2D eigenvalue weighted by Crippen LogP contribution is -2.47. The Labute approximate surface area is 166 Å². The maximum absolute atomic E-state index is 12.9. The fourth-order valence-corrected chi connectivity index (χ4v) is 3.19. The van der Waals surface area contributed by atoms with Crippen LogP contribution in [0.15, 0.2) is 71.6 Å². The van der Waals surface area contributed by atoms with E-state index in [4.69, 9.17) is 4.74 Å². The summed E-state index contributed by atoms with van der Waals surface area (Å²) in [6.07, 6.45) is -0.848. The van der Waals surface area contributed by atoms with Crippen LogP contribution in [0.3, 0.4) is 0 Å². The van der Waals surface area contributed by atoms with E-state index in [9.17, 15) is 14.0 Å². The highest BCUT2D eigenvalue weighted by Gasteiger charge is 2.15. The summed E-state index contributed by atoms with van der Waals surface area (Å²) in [6.45, 7) is 1.54. The number of ether oxygens (including phenoxy) is 1. The van der Waals surface area contributed by atoms with Gasteiger partial charge in [0.1, 0.15) is 11.6 Å². The highest BCUT2D eigenvalue weighted by Crippen LogP contribution is 2.23. The SMILES string of the molecule is CC(Oc1ccc(F)cc1)C(=O)NNC(=O)CSc1ccc2ccccc2c1. The highest BCUT2D eigenvalue weighted by molar-refractivity contribution is 8.00. The van der Waals surface area contributed by atoms with Gasteiger partial charge in [-0.05, 0) is 54.1 Å². The normalized spacial score (nSPS) is 11.6. The first-order valence-corrected chi connectivity index (χ1v) is 9.62. The van der Waals surface area contributed by atoms with Gasteiger partial charge in [0.25, 0.3) is 5.91 Å². The molecule has 3 aromatic carbocycles. The molecule has 28 heavy (non-hydrogen) atoms. The second-order valence-corrected chi connectivity index (χ2v) is 7.10. The molecule has 2 N–H and O–H groups in total. The lowest BCUT2D eigenvalue weighted by atomic mass is 10.1. The number of hydrazine groups is 1. The van der Waals surface area contributed by atoms with Gasteiger partial charge in [-0.25, -0.2) is 4.39 Å². The molecule has 1 atom stereocenters. The van der Waals surface area contributed by atoms with Crippen molar-refractivity contribution in [2.75, 3.05) is 5.75 Å². The fourth-order valence-electron chi connectivity index (χ4n) is 2.45. The summed E-state index contributed by atoms with van der Waals surface area (Å²) in [4.78, 5) is 24.9. The molecular formula is C21H19FN2O3S. The van der Waals surface area contributed by atoms with Gasteiger partial charge in [-0.15, -0.1) is 11.8 Å². The highest BCUT2D eigenvalue weighted by atomic mass is 32.2. The standard InChI is InChI=1S/C21H19FN2O3S/c1-14(27-18-9-7-17(22)8-10-18)21(26)24-23-20(25)13-28-19-11-6-15-4-2-3-5-16(15)12-19/h2-12,14H,13H2,1H3,(H,23,25)(H,24,26). The van der Waals surface area contributed by atoms with Crippen LogP contribution in [0.25, 0.3) is 10.8 Å². The molecule has 3 aromatic rings. The van der Waals surface area contributed by atoms with E-state index in [1.807, 2.05) is 42.5 Å². The molecule has 0 aliphatic rings. The second kappa shape index (κ2) is 9.23. The second-order valence-electron chi connectivity index (χ2n) is 6.05. The van der Waals surface area contributed by atoms with Crippen molar-refractivity contribution in [1.82, 2.24) is 10.9 Å². The van der Waals surface area contributed by atoms with Crippen LogP contribution in [0.4, 0.5) is 4.39 Å². The Morgan fingerprint density at radius 3 is 2.46 bits per heavy atom. The molecule has 0 aromatic heterocycles. The smallest absolute Gasteiger partial charge is 0.279 e. The summed E-state index contributed by atoms with van der Waals surface area (Å²) in [5, 5.41) is 2.24. The molecule has 0 saturated heterocycles. The topological polar surface area (TPSA) is 67.4 Å². The number of halogens is 1. The van der Waals surface area contributed by atoms with Gasteiger partial charge in [0.05, 0.1) is 5.75 Å². The quantitative estimate of drug-likeness (QED) is 0.491. The van der Waals surface area contributed by atoms with Crippen molar-refractivity contribution < 1.29 is 18.7 Å². The molecule has 0 bridgehead atoms. The zero-order valence-corrected chi connectivity index (χ0v) is 16.0. The first-order chi connectivity index (χ1) is 13.5. The Balaban J connectivity index is 1.43. The van der Waals surface area contributed by atoms with E-state index in [-0.39, 0.29) is 17.5 Å². The molecule has 0 saturated carbocycles. The number of fused-ring (bicyclic) bond motifs is 1. The lowest BCUT2D eigenvalue weighted by molar-refractivity contribution is -0.131. The third kappa shape index (κ3) is 5.47. The minimum Gasteiger partial charge on any atom is -0.481 e. The van der Waals surface area contributed by atoms with Crippen molar-refractivity contribution in [3.05, 3.63) is 72.5 Å². The molecule has 2 amide bonds. The molecule has 1 unspecified atom stereocenters. The summed E-state index contributed by atoms with van der Waals surface area (Å²) < 4.78 is 18.3. The Hall–Kier alpha value is -3.06. The lowest BCUT2D eigenvalue weighted by Gasteiger charge is -2.15. The van der Waals surface area contributed by atoms with Crippen LogP contribution in [0.1, 0.15) is 6.92 Å². The molecule has 0 fully saturated rings. The summed E-state index contributed by atoms with van der Waals surface area (Å²) in [7, 11) is 0. The summed E-state index contributed by atoms with van der Waals surface area (Å²) in [6, 6.07) is 19.3. The van der Waals surface area contributed by atoms with E-state index in [0.29, 0.717) is 5.75 Å². The van der Waals surface area contributed by atoms with E-state index >= 15 is 0 Å². The van der Waals surface area contributed by atoms with Gasteiger partial charge in [-0.3, -0.25) is 20.4 Å². The van der Waals surface area contributed by atoms with E-state index in [1.54, 1.807) is 0 Å². The van der Waals surface area contributed by atoms with Crippen LogP contribution in [0.5, 0.6) is 5.75 Å². The first-order valence-electron chi connectivity index (χ1n) is 8.64. The number of nitrogens with one attached hydrogen (secondary N) is 2. The predicted molar refractivity (Wildman–Crippen MR) is 107 cm³/mol. The molecular weight excluding hydrogens is 379 g/mol.